The molecule has 0 radical (unpaired) electrons. The minimum absolute atomic E-state index is 0.0635. The summed E-state index contributed by atoms with van der Waals surface area (Å²) in [6.07, 6.45) is 0. The summed E-state index contributed by atoms with van der Waals surface area (Å²) in [4.78, 5) is 11.9. The first-order chi connectivity index (χ1) is 12.6. The van der Waals surface area contributed by atoms with Crippen molar-refractivity contribution in [3.63, 3.8) is 0 Å². The van der Waals surface area contributed by atoms with Gasteiger partial charge in [0.2, 0.25) is 0 Å². The highest BCUT2D eigenvalue weighted by atomic mass is 19.1. The van der Waals surface area contributed by atoms with E-state index in [0.717, 1.165) is 6.07 Å². The lowest BCUT2D eigenvalue weighted by Gasteiger charge is -2.08. The van der Waals surface area contributed by atoms with Gasteiger partial charge in [0.25, 0.3) is 0 Å². The molecule has 1 aromatic heterocycles. The Hall–Kier alpha value is -3.29. The molecule has 0 spiro atoms. The molecule has 0 saturated carbocycles. The van der Waals surface area contributed by atoms with E-state index in [4.69, 9.17) is 9.47 Å². The zero-order chi connectivity index (χ0) is 18.5. The van der Waals surface area contributed by atoms with Gasteiger partial charge in [0.1, 0.15) is 29.7 Å². The van der Waals surface area contributed by atoms with Gasteiger partial charge in [-0.2, -0.15) is 10.3 Å². The fraction of sp³-hybridized carbons (Fsp3) is 0.167. The first kappa shape index (κ1) is 17.5. The van der Waals surface area contributed by atoms with Crippen LogP contribution in [0.4, 0.5) is 8.78 Å². The molecule has 0 unspecified atom stereocenters. The lowest BCUT2D eigenvalue weighted by Crippen LogP contribution is -2.06. The van der Waals surface area contributed by atoms with Gasteiger partial charge in [0.15, 0.2) is 5.69 Å². The number of benzene rings is 2. The Bertz CT molecular complexity index is 928. The van der Waals surface area contributed by atoms with Crippen LogP contribution in [0, 0.1) is 11.6 Å². The maximum absolute atomic E-state index is 13.7. The molecule has 0 amide bonds. The van der Waals surface area contributed by atoms with Crippen molar-refractivity contribution in [2.24, 2.45) is 0 Å². The van der Waals surface area contributed by atoms with E-state index < -0.39 is 17.6 Å². The van der Waals surface area contributed by atoms with Gasteiger partial charge in [-0.15, -0.1) is 5.10 Å². The predicted octanol–water partition coefficient (Wildman–Crippen LogP) is 3.51. The summed E-state index contributed by atoms with van der Waals surface area (Å²) in [7, 11) is 0. The van der Waals surface area contributed by atoms with Crippen LogP contribution in [0.25, 0.3) is 11.3 Å². The van der Waals surface area contributed by atoms with Gasteiger partial charge < -0.3 is 9.47 Å². The molecule has 0 bridgehead atoms. The van der Waals surface area contributed by atoms with Crippen molar-refractivity contribution in [2.45, 2.75) is 13.5 Å². The number of aromatic nitrogens is 3. The first-order valence-corrected chi connectivity index (χ1v) is 7.83. The largest absolute Gasteiger partial charge is 0.489 e. The molecule has 0 aliphatic rings. The molecule has 3 aromatic rings. The third-order valence-electron chi connectivity index (χ3n) is 3.53. The lowest BCUT2D eigenvalue weighted by molar-refractivity contribution is 0.0520. The van der Waals surface area contributed by atoms with E-state index in [1.165, 1.54) is 12.1 Å². The zero-order valence-electron chi connectivity index (χ0n) is 13.8. The van der Waals surface area contributed by atoms with Crippen LogP contribution >= 0.6 is 0 Å². The third-order valence-corrected chi connectivity index (χ3v) is 3.53. The van der Waals surface area contributed by atoms with Crippen molar-refractivity contribution in [3.05, 3.63) is 65.4 Å². The van der Waals surface area contributed by atoms with E-state index in [-0.39, 0.29) is 24.5 Å². The third kappa shape index (κ3) is 3.85. The summed E-state index contributed by atoms with van der Waals surface area (Å²) in [5, 5.41) is 10.2. The highest BCUT2D eigenvalue weighted by molar-refractivity contribution is 5.93. The number of rotatable bonds is 6. The van der Waals surface area contributed by atoms with Gasteiger partial charge in [-0.1, -0.05) is 12.1 Å². The summed E-state index contributed by atoms with van der Waals surface area (Å²) in [5.74, 6) is -1.48. The molecule has 134 valence electrons. The predicted molar refractivity (Wildman–Crippen MR) is 88.5 cm³/mol. The Labute approximate surface area is 147 Å². The van der Waals surface area contributed by atoms with Crippen molar-refractivity contribution in [1.82, 2.24) is 15.4 Å². The topological polar surface area (TPSA) is 77.1 Å². The number of nitrogens with one attached hydrogen (secondary N) is 1. The van der Waals surface area contributed by atoms with Crippen molar-refractivity contribution < 1.29 is 23.0 Å². The van der Waals surface area contributed by atoms with Gasteiger partial charge in [-0.05, 0) is 31.2 Å². The molecule has 6 nitrogen and oxygen atoms in total. The molecule has 26 heavy (non-hydrogen) atoms. The van der Waals surface area contributed by atoms with Crippen LogP contribution in [-0.4, -0.2) is 28.0 Å². The number of hydrogen-bond acceptors (Lipinski definition) is 5. The molecule has 8 heteroatoms. The fourth-order valence-corrected chi connectivity index (χ4v) is 2.31. The summed E-state index contributed by atoms with van der Waals surface area (Å²) in [6, 6.07) is 10.0. The molecule has 0 saturated heterocycles. The Kier molecular flexibility index (Phi) is 5.21. The van der Waals surface area contributed by atoms with E-state index in [0.29, 0.717) is 17.0 Å². The van der Waals surface area contributed by atoms with Crippen molar-refractivity contribution in [1.29, 1.82) is 0 Å². The maximum Gasteiger partial charge on any atom is 0.361 e. The molecule has 1 N–H and O–H groups in total. The van der Waals surface area contributed by atoms with Crippen LogP contribution in [0.2, 0.25) is 0 Å². The summed E-state index contributed by atoms with van der Waals surface area (Å²) < 4.78 is 37.1. The highest BCUT2D eigenvalue weighted by Gasteiger charge is 2.19. The quantitative estimate of drug-likeness (QED) is 0.682. The fourth-order valence-electron chi connectivity index (χ4n) is 2.31. The molecular formula is C18H15F2N3O3. The van der Waals surface area contributed by atoms with Crippen molar-refractivity contribution in [3.8, 4) is 17.0 Å². The number of aromatic amines is 1. The highest BCUT2D eigenvalue weighted by Crippen LogP contribution is 2.25. The molecule has 3 rings (SSSR count). The van der Waals surface area contributed by atoms with Crippen LogP contribution in [0.1, 0.15) is 23.0 Å². The van der Waals surface area contributed by atoms with Crippen molar-refractivity contribution >= 4 is 5.97 Å². The molecule has 0 aliphatic heterocycles. The number of carbonyl (C=O) groups is 1. The Balaban J connectivity index is 1.79. The normalized spacial score (nSPS) is 10.6. The average molecular weight is 359 g/mol. The van der Waals surface area contributed by atoms with E-state index in [1.54, 1.807) is 31.2 Å². The van der Waals surface area contributed by atoms with Crippen LogP contribution in [0.3, 0.4) is 0 Å². The number of H-pyrrole nitrogens is 1. The number of halogens is 2. The monoisotopic (exact) mass is 359 g/mol. The lowest BCUT2D eigenvalue weighted by atomic mass is 10.1. The van der Waals surface area contributed by atoms with E-state index >= 15 is 0 Å². The Morgan fingerprint density at radius 3 is 2.77 bits per heavy atom. The molecule has 1 heterocycles. The molecule has 2 aromatic carbocycles. The number of esters is 1. The number of hydrogen-bond donors (Lipinski definition) is 1. The van der Waals surface area contributed by atoms with E-state index in [2.05, 4.69) is 15.4 Å². The second kappa shape index (κ2) is 7.73. The second-order valence-corrected chi connectivity index (χ2v) is 5.29. The summed E-state index contributed by atoms with van der Waals surface area (Å²) in [5.41, 5.74) is 1.19. The van der Waals surface area contributed by atoms with Crippen LogP contribution in [0.5, 0.6) is 5.75 Å². The van der Waals surface area contributed by atoms with Gasteiger partial charge in [-0.25, -0.2) is 13.6 Å². The number of carbonyl (C=O) groups excluding carboxylic acids is 1. The standard InChI is InChI=1S/C18H15F2N3O3/c1-2-25-18(24)17-16(21-23-22-17)11-4-3-5-14(8-11)26-10-12-6-7-13(19)9-15(12)20/h3-9H,2,10H2,1H3,(H,21,22,23). The molecule has 0 aliphatic carbocycles. The summed E-state index contributed by atoms with van der Waals surface area (Å²) in [6.45, 7) is 1.84. The zero-order valence-corrected chi connectivity index (χ0v) is 13.8. The Morgan fingerprint density at radius 2 is 2.00 bits per heavy atom. The average Bonchev–Trinajstić information content (AvgIpc) is 3.11. The van der Waals surface area contributed by atoms with Gasteiger partial charge in [0, 0.05) is 17.2 Å². The molecular weight excluding hydrogens is 344 g/mol. The van der Waals surface area contributed by atoms with E-state index in [1.807, 2.05) is 0 Å². The van der Waals surface area contributed by atoms with Crippen LogP contribution in [-0.2, 0) is 11.3 Å². The van der Waals surface area contributed by atoms with Crippen molar-refractivity contribution in [2.75, 3.05) is 6.61 Å². The van der Waals surface area contributed by atoms with Gasteiger partial charge in [0.05, 0.1) is 6.61 Å². The number of nitrogens with zero attached hydrogens (tertiary/aromatic N) is 2. The first-order valence-electron chi connectivity index (χ1n) is 7.83. The molecule has 0 fully saturated rings. The maximum atomic E-state index is 13.7. The van der Waals surface area contributed by atoms with Crippen LogP contribution in [0.15, 0.2) is 42.5 Å². The SMILES string of the molecule is CCOC(=O)c1n[nH]nc1-c1cccc(OCc2ccc(F)cc2F)c1. The smallest absolute Gasteiger partial charge is 0.361 e. The van der Waals surface area contributed by atoms with Gasteiger partial charge >= 0.3 is 5.97 Å². The minimum atomic E-state index is -0.678. The summed E-state index contributed by atoms with van der Waals surface area (Å²) >= 11 is 0. The van der Waals surface area contributed by atoms with Crippen LogP contribution < -0.4 is 4.74 Å². The van der Waals surface area contributed by atoms with E-state index in [9.17, 15) is 13.6 Å². The molecule has 0 atom stereocenters. The number of ether oxygens (including phenoxy) is 2. The Morgan fingerprint density at radius 1 is 1.15 bits per heavy atom. The minimum Gasteiger partial charge on any atom is -0.489 e. The second-order valence-electron chi connectivity index (χ2n) is 5.29. The van der Waals surface area contributed by atoms with Gasteiger partial charge in [-0.3, -0.25) is 0 Å².